The van der Waals surface area contributed by atoms with E-state index in [-0.39, 0.29) is 11.7 Å². The van der Waals surface area contributed by atoms with Crippen LogP contribution in [0.3, 0.4) is 0 Å². The number of nitrogens with one attached hydrogen (secondary N) is 1. The summed E-state index contributed by atoms with van der Waals surface area (Å²) in [5, 5.41) is 6.25. The van der Waals surface area contributed by atoms with Crippen molar-refractivity contribution in [3.63, 3.8) is 0 Å². The average molecular weight is 545 g/mol. The lowest BCUT2D eigenvalue weighted by atomic mass is 10.0. The third-order valence-corrected chi connectivity index (χ3v) is 7.80. The summed E-state index contributed by atoms with van der Waals surface area (Å²) in [6, 6.07) is 40.5. The zero-order chi connectivity index (χ0) is 26.4. The van der Waals surface area contributed by atoms with Crippen molar-refractivity contribution >= 4 is 34.1 Å². The van der Waals surface area contributed by atoms with Gasteiger partial charge >= 0.3 is 0 Å². The molecule has 6 aromatic rings. The highest BCUT2D eigenvalue weighted by molar-refractivity contribution is 7.99. The topological polar surface area (TPSA) is 59.8 Å². The molecule has 2 aromatic heterocycles. The molecule has 0 radical (unpaired) electrons. The van der Waals surface area contributed by atoms with E-state index < -0.39 is 0 Å². The molecule has 4 aromatic carbocycles. The second-order valence-electron chi connectivity index (χ2n) is 8.74. The number of carbonyl (C=O) groups is 1. The van der Waals surface area contributed by atoms with Crippen LogP contribution >= 0.6 is 23.1 Å². The zero-order valence-electron chi connectivity index (χ0n) is 20.9. The number of hydrogen-bond acceptors (Lipinski definition) is 5. The molecule has 1 N–H and O–H groups in total. The highest BCUT2D eigenvalue weighted by atomic mass is 32.2. The normalized spacial score (nSPS) is 10.9. The molecule has 7 heteroatoms. The van der Waals surface area contributed by atoms with Gasteiger partial charge in [0.2, 0.25) is 5.91 Å². The quantitative estimate of drug-likeness (QED) is 0.197. The number of nitrogens with zero attached hydrogens (tertiary/aromatic N) is 3. The van der Waals surface area contributed by atoms with Crippen LogP contribution in [0.15, 0.2) is 132 Å². The van der Waals surface area contributed by atoms with Gasteiger partial charge in [-0.3, -0.25) is 9.36 Å². The second kappa shape index (κ2) is 11.5. The molecular weight excluding hydrogens is 521 g/mol. The van der Waals surface area contributed by atoms with Gasteiger partial charge in [0.05, 0.1) is 22.8 Å². The Labute approximate surface area is 235 Å². The summed E-state index contributed by atoms with van der Waals surface area (Å²) in [6.45, 7) is 0. The van der Waals surface area contributed by atoms with Gasteiger partial charge in [0, 0.05) is 27.8 Å². The molecule has 1 amide bonds. The molecule has 190 valence electrons. The molecular formula is C32H24N4OS2. The predicted molar refractivity (Wildman–Crippen MR) is 161 cm³/mol. The van der Waals surface area contributed by atoms with E-state index in [1.807, 2.05) is 90.3 Å². The minimum atomic E-state index is -0.126. The van der Waals surface area contributed by atoms with Crippen molar-refractivity contribution in [1.82, 2.24) is 14.5 Å². The Morgan fingerprint density at radius 3 is 1.92 bits per heavy atom. The van der Waals surface area contributed by atoms with E-state index in [2.05, 4.69) is 51.3 Å². The van der Waals surface area contributed by atoms with Gasteiger partial charge < -0.3 is 5.32 Å². The van der Waals surface area contributed by atoms with Crippen LogP contribution in [-0.2, 0) is 4.79 Å². The molecule has 39 heavy (non-hydrogen) atoms. The maximum absolute atomic E-state index is 13.0. The van der Waals surface area contributed by atoms with Gasteiger partial charge in [-0.25, -0.2) is 9.97 Å². The van der Waals surface area contributed by atoms with Crippen LogP contribution < -0.4 is 5.32 Å². The minimum absolute atomic E-state index is 0.126. The van der Waals surface area contributed by atoms with Gasteiger partial charge in [0.1, 0.15) is 0 Å². The van der Waals surface area contributed by atoms with E-state index in [0.29, 0.717) is 5.13 Å². The van der Waals surface area contributed by atoms with Gasteiger partial charge in [-0.2, -0.15) is 0 Å². The van der Waals surface area contributed by atoms with E-state index >= 15 is 0 Å². The molecule has 0 fully saturated rings. The van der Waals surface area contributed by atoms with Crippen LogP contribution in [0.2, 0.25) is 0 Å². The highest BCUT2D eigenvalue weighted by Crippen LogP contribution is 2.38. The first kappa shape index (κ1) is 24.9. The van der Waals surface area contributed by atoms with Gasteiger partial charge in [-0.05, 0) is 12.1 Å². The summed E-state index contributed by atoms with van der Waals surface area (Å²) in [6.07, 6.45) is 0. The Balaban J connectivity index is 1.32. The first-order valence-electron chi connectivity index (χ1n) is 12.5. The summed E-state index contributed by atoms with van der Waals surface area (Å²) < 4.78 is 2.15. The van der Waals surface area contributed by atoms with E-state index in [0.717, 1.165) is 44.6 Å². The fourth-order valence-corrected chi connectivity index (χ4v) is 5.88. The Morgan fingerprint density at radius 1 is 0.718 bits per heavy atom. The van der Waals surface area contributed by atoms with E-state index in [1.165, 1.54) is 23.1 Å². The number of hydrogen-bond donors (Lipinski definition) is 1. The molecule has 0 aliphatic carbocycles. The third kappa shape index (κ3) is 5.55. The van der Waals surface area contributed by atoms with Crippen LogP contribution in [0, 0.1) is 0 Å². The van der Waals surface area contributed by atoms with Crippen LogP contribution in [0.1, 0.15) is 0 Å². The van der Waals surface area contributed by atoms with Crippen LogP contribution in [0.5, 0.6) is 0 Å². The minimum Gasteiger partial charge on any atom is -0.301 e. The van der Waals surface area contributed by atoms with Crippen LogP contribution in [0.25, 0.3) is 39.5 Å². The molecule has 0 aliphatic rings. The van der Waals surface area contributed by atoms with Gasteiger partial charge in [0.15, 0.2) is 10.3 Å². The predicted octanol–water partition coefficient (Wildman–Crippen LogP) is 8.06. The number of imidazole rings is 1. The van der Waals surface area contributed by atoms with Gasteiger partial charge in [-0.1, -0.05) is 121 Å². The number of rotatable bonds is 8. The molecule has 0 saturated heterocycles. The number of benzene rings is 4. The smallest absolute Gasteiger partial charge is 0.236 e. The largest absolute Gasteiger partial charge is 0.301 e. The van der Waals surface area contributed by atoms with Crippen LogP contribution in [0.4, 0.5) is 5.13 Å². The number of anilines is 1. The van der Waals surface area contributed by atoms with Crippen molar-refractivity contribution in [3.8, 4) is 39.5 Å². The lowest BCUT2D eigenvalue weighted by Gasteiger charge is -2.13. The van der Waals surface area contributed by atoms with E-state index in [4.69, 9.17) is 4.98 Å². The molecule has 0 atom stereocenters. The molecule has 0 unspecified atom stereocenters. The average Bonchev–Trinajstić information content (AvgIpc) is 3.63. The molecule has 6 rings (SSSR count). The van der Waals surface area contributed by atoms with Crippen molar-refractivity contribution in [2.24, 2.45) is 0 Å². The molecule has 0 saturated carbocycles. The Hall–Kier alpha value is -4.46. The Bertz CT molecular complexity index is 1680. The first-order valence-corrected chi connectivity index (χ1v) is 14.4. The van der Waals surface area contributed by atoms with E-state index in [9.17, 15) is 4.79 Å². The second-order valence-corrected chi connectivity index (χ2v) is 10.5. The fraction of sp³-hybridized carbons (Fsp3) is 0.0312. The first-order chi connectivity index (χ1) is 19.3. The molecule has 0 spiro atoms. The summed E-state index contributed by atoms with van der Waals surface area (Å²) in [4.78, 5) is 22.7. The molecule has 2 heterocycles. The monoisotopic (exact) mass is 544 g/mol. The lowest BCUT2D eigenvalue weighted by Crippen LogP contribution is -2.14. The zero-order valence-corrected chi connectivity index (χ0v) is 22.5. The number of thioether (sulfide) groups is 1. The maximum atomic E-state index is 13.0. The van der Waals surface area contributed by atoms with Gasteiger partial charge in [0.25, 0.3) is 0 Å². The summed E-state index contributed by atoms with van der Waals surface area (Å²) in [5.41, 5.74) is 6.80. The third-order valence-electron chi connectivity index (χ3n) is 6.11. The molecule has 0 aliphatic heterocycles. The maximum Gasteiger partial charge on any atom is 0.236 e. The van der Waals surface area contributed by atoms with Crippen molar-refractivity contribution in [3.05, 3.63) is 127 Å². The highest BCUT2D eigenvalue weighted by Gasteiger charge is 2.22. The Kier molecular flexibility index (Phi) is 7.34. The Morgan fingerprint density at radius 2 is 1.28 bits per heavy atom. The molecule has 0 bridgehead atoms. The summed E-state index contributed by atoms with van der Waals surface area (Å²) >= 11 is 2.84. The molecule has 5 nitrogen and oxygen atoms in total. The van der Waals surface area contributed by atoms with Crippen LogP contribution in [-0.4, -0.2) is 26.2 Å². The SMILES string of the molecule is O=C(CSc1nc(-c2ccccc2)c(-c2ccccc2)n1-c1ccccc1)Nc1nc(-c2ccccc2)cs1. The van der Waals surface area contributed by atoms with Crippen molar-refractivity contribution < 1.29 is 4.79 Å². The fourth-order valence-electron chi connectivity index (χ4n) is 4.33. The summed E-state index contributed by atoms with van der Waals surface area (Å²) in [5.74, 6) is 0.0751. The number of carbonyl (C=O) groups excluding carboxylic acids is 1. The summed E-state index contributed by atoms with van der Waals surface area (Å²) in [7, 11) is 0. The van der Waals surface area contributed by atoms with Crippen molar-refractivity contribution in [1.29, 1.82) is 0 Å². The number of para-hydroxylation sites is 1. The lowest BCUT2D eigenvalue weighted by molar-refractivity contribution is -0.113. The number of aromatic nitrogens is 3. The van der Waals surface area contributed by atoms with Gasteiger partial charge in [-0.15, -0.1) is 11.3 Å². The van der Waals surface area contributed by atoms with E-state index in [1.54, 1.807) is 0 Å². The van der Waals surface area contributed by atoms with Crippen molar-refractivity contribution in [2.45, 2.75) is 5.16 Å². The number of amides is 1. The standard InChI is InChI=1S/C32H24N4OS2/c37-28(34-31-33-27(21-38-31)23-13-5-1-6-14-23)22-39-32-35-29(24-15-7-2-8-16-24)30(25-17-9-3-10-18-25)36(32)26-19-11-4-12-20-26/h1-21H,22H2,(H,33,34,37). The van der Waals surface area contributed by atoms with Crippen molar-refractivity contribution in [2.75, 3.05) is 11.1 Å². The number of thiazole rings is 1.